The van der Waals surface area contributed by atoms with Crippen molar-refractivity contribution in [1.29, 1.82) is 0 Å². The summed E-state index contributed by atoms with van der Waals surface area (Å²) in [5, 5.41) is 5.41. The molecule has 1 heterocycles. The number of halogens is 2. The molecule has 0 amide bonds. The highest BCUT2D eigenvalue weighted by Gasteiger charge is 2.06. The Hall–Kier alpha value is -1.59. The van der Waals surface area contributed by atoms with Crippen molar-refractivity contribution in [2.24, 2.45) is 0 Å². The molecule has 0 unspecified atom stereocenters. The van der Waals surface area contributed by atoms with Gasteiger partial charge >= 0.3 is 0 Å². The van der Waals surface area contributed by atoms with Gasteiger partial charge in [-0.05, 0) is 52.3 Å². The molecular formula is C15H11Br2N3. The fourth-order valence-electron chi connectivity index (χ4n) is 2.06. The molecule has 20 heavy (non-hydrogen) atoms. The minimum absolute atomic E-state index is 0.753. The first kappa shape index (κ1) is 13.4. The molecule has 3 rings (SSSR count). The normalized spacial score (nSPS) is 10.7. The highest BCUT2D eigenvalue weighted by atomic mass is 79.9. The van der Waals surface area contributed by atoms with Crippen LogP contribution in [0.5, 0.6) is 0 Å². The van der Waals surface area contributed by atoms with E-state index in [1.165, 1.54) is 0 Å². The van der Waals surface area contributed by atoms with Crippen molar-refractivity contribution in [3.05, 3.63) is 57.7 Å². The third-order valence-corrected chi connectivity index (χ3v) is 4.20. The lowest BCUT2D eigenvalue weighted by Gasteiger charge is -2.12. The van der Waals surface area contributed by atoms with E-state index in [1.807, 2.05) is 42.6 Å². The summed E-state index contributed by atoms with van der Waals surface area (Å²) >= 11 is 7.00. The van der Waals surface area contributed by atoms with E-state index < -0.39 is 0 Å². The predicted molar refractivity (Wildman–Crippen MR) is 91.3 cm³/mol. The Morgan fingerprint density at radius 2 is 1.75 bits per heavy atom. The number of nitrogens with zero attached hydrogens (tertiary/aromatic N) is 1. The lowest BCUT2D eigenvalue weighted by molar-refractivity contribution is 1.36. The first-order valence-electron chi connectivity index (χ1n) is 5.99. The van der Waals surface area contributed by atoms with Crippen molar-refractivity contribution in [1.82, 2.24) is 4.98 Å². The molecule has 3 nitrogen and oxygen atoms in total. The molecule has 0 aliphatic rings. The second kappa shape index (κ2) is 5.42. The maximum Gasteiger partial charge on any atom is 0.0529 e. The van der Waals surface area contributed by atoms with Gasteiger partial charge in [0.05, 0.1) is 5.69 Å². The van der Waals surface area contributed by atoms with Gasteiger partial charge in [0, 0.05) is 43.5 Å². The number of pyridine rings is 1. The number of hydrogen-bond donors (Lipinski definition) is 2. The van der Waals surface area contributed by atoms with Gasteiger partial charge in [-0.25, -0.2) is 0 Å². The van der Waals surface area contributed by atoms with Gasteiger partial charge in [0.1, 0.15) is 0 Å². The summed E-state index contributed by atoms with van der Waals surface area (Å²) in [6, 6.07) is 11.8. The second-order valence-corrected chi connectivity index (χ2v) is 6.14. The quantitative estimate of drug-likeness (QED) is 0.597. The van der Waals surface area contributed by atoms with E-state index in [9.17, 15) is 0 Å². The topological polar surface area (TPSA) is 50.9 Å². The first-order valence-corrected chi connectivity index (χ1v) is 7.58. The number of aromatic nitrogens is 1. The minimum Gasteiger partial charge on any atom is -0.398 e. The van der Waals surface area contributed by atoms with Crippen LogP contribution in [0, 0.1) is 0 Å². The monoisotopic (exact) mass is 391 g/mol. The molecule has 3 aromatic rings. The van der Waals surface area contributed by atoms with Crippen molar-refractivity contribution >= 4 is 59.7 Å². The third-order valence-electron chi connectivity index (χ3n) is 3.05. The van der Waals surface area contributed by atoms with Crippen LogP contribution in [0.4, 0.5) is 17.1 Å². The Balaban J connectivity index is 2.09. The summed E-state index contributed by atoms with van der Waals surface area (Å²) in [6.07, 6.45) is 3.57. The fourth-order valence-corrected chi connectivity index (χ4v) is 3.20. The molecule has 1 aromatic heterocycles. The minimum atomic E-state index is 0.753. The van der Waals surface area contributed by atoms with Crippen LogP contribution in [0.15, 0.2) is 57.7 Å². The van der Waals surface area contributed by atoms with Gasteiger partial charge < -0.3 is 11.1 Å². The van der Waals surface area contributed by atoms with Crippen molar-refractivity contribution < 1.29 is 0 Å². The Bertz CT molecular complexity index is 787. The van der Waals surface area contributed by atoms with Crippen LogP contribution in [0.2, 0.25) is 0 Å². The fraction of sp³-hybridized carbons (Fsp3) is 0. The van der Waals surface area contributed by atoms with Crippen LogP contribution >= 0.6 is 31.9 Å². The van der Waals surface area contributed by atoms with Crippen molar-refractivity contribution in [2.45, 2.75) is 0 Å². The van der Waals surface area contributed by atoms with Gasteiger partial charge in [0.2, 0.25) is 0 Å². The molecule has 0 spiro atoms. The van der Waals surface area contributed by atoms with Gasteiger partial charge in [-0.3, -0.25) is 4.98 Å². The predicted octanol–water partition coefficient (Wildman–Crippen LogP) is 5.09. The van der Waals surface area contributed by atoms with Crippen LogP contribution in [-0.2, 0) is 0 Å². The zero-order chi connectivity index (χ0) is 14.1. The molecule has 0 saturated carbocycles. The van der Waals surface area contributed by atoms with Crippen molar-refractivity contribution in [2.75, 3.05) is 11.1 Å². The molecule has 0 aliphatic carbocycles. The largest absolute Gasteiger partial charge is 0.398 e. The summed E-state index contributed by atoms with van der Waals surface area (Å²) in [6.45, 7) is 0. The summed E-state index contributed by atoms with van der Waals surface area (Å²) in [4.78, 5) is 4.18. The number of hydrogen-bond acceptors (Lipinski definition) is 3. The van der Waals surface area contributed by atoms with Crippen LogP contribution in [0.25, 0.3) is 10.8 Å². The standard InChI is InChI=1S/C15H11Br2N3/c16-9-1-3-15(12(17)7-9)20-14-4-2-13(18)10-5-6-19-8-11(10)14/h1-8,20H,18H2. The second-order valence-electron chi connectivity index (χ2n) is 4.37. The maximum absolute atomic E-state index is 6.00. The number of anilines is 3. The van der Waals surface area contributed by atoms with Gasteiger partial charge in [0.15, 0.2) is 0 Å². The smallest absolute Gasteiger partial charge is 0.0529 e. The Kier molecular flexibility index (Phi) is 3.63. The number of nitrogens with one attached hydrogen (secondary N) is 1. The van der Waals surface area contributed by atoms with E-state index >= 15 is 0 Å². The molecule has 100 valence electrons. The van der Waals surface area contributed by atoms with Crippen LogP contribution in [0.1, 0.15) is 0 Å². The van der Waals surface area contributed by atoms with Gasteiger partial charge in [-0.2, -0.15) is 0 Å². The number of fused-ring (bicyclic) bond motifs is 1. The number of nitrogen functional groups attached to an aromatic ring is 1. The van der Waals surface area contributed by atoms with Crippen LogP contribution in [0.3, 0.4) is 0 Å². The molecule has 2 aromatic carbocycles. The molecule has 0 radical (unpaired) electrons. The van der Waals surface area contributed by atoms with E-state index in [-0.39, 0.29) is 0 Å². The summed E-state index contributed by atoms with van der Waals surface area (Å²) < 4.78 is 2.01. The molecule has 0 atom stereocenters. The van der Waals surface area contributed by atoms with Gasteiger partial charge in [-0.1, -0.05) is 15.9 Å². The molecular weight excluding hydrogens is 382 g/mol. The van der Waals surface area contributed by atoms with E-state index in [2.05, 4.69) is 42.2 Å². The number of nitrogens with two attached hydrogens (primary N) is 1. The Labute approximate surface area is 133 Å². The number of rotatable bonds is 2. The lowest BCUT2D eigenvalue weighted by Crippen LogP contribution is -1.95. The zero-order valence-electron chi connectivity index (χ0n) is 10.4. The van der Waals surface area contributed by atoms with Gasteiger partial charge in [-0.15, -0.1) is 0 Å². The average Bonchev–Trinajstić information content (AvgIpc) is 2.45. The number of benzene rings is 2. The van der Waals surface area contributed by atoms with Crippen LogP contribution < -0.4 is 11.1 Å². The summed E-state index contributed by atoms with van der Waals surface area (Å²) in [5.41, 5.74) is 8.72. The van der Waals surface area contributed by atoms with E-state index in [0.717, 1.165) is 36.8 Å². The highest BCUT2D eigenvalue weighted by molar-refractivity contribution is 9.11. The molecule has 0 bridgehead atoms. The third kappa shape index (κ3) is 2.51. The molecule has 3 N–H and O–H groups in total. The van der Waals surface area contributed by atoms with E-state index in [1.54, 1.807) is 6.20 Å². The SMILES string of the molecule is Nc1ccc(Nc2ccc(Br)cc2Br)c2cnccc12. The van der Waals surface area contributed by atoms with Crippen molar-refractivity contribution in [3.8, 4) is 0 Å². The molecule has 0 saturated heterocycles. The highest BCUT2D eigenvalue weighted by Crippen LogP contribution is 2.33. The van der Waals surface area contributed by atoms with Crippen molar-refractivity contribution in [3.63, 3.8) is 0 Å². The lowest BCUT2D eigenvalue weighted by atomic mass is 10.1. The molecule has 0 fully saturated rings. The zero-order valence-corrected chi connectivity index (χ0v) is 13.6. The van der Waals surface area contributed by atoms with E-state index in [4.69, 9.17) is 5.73 Å². The first-order chi connectivity index (χ1) is 9.65. The van der Waals surface area contributed by atoms with Crippen LogP contribution in [-0.4, -0.2) is 4.98 Å². The Morgan fingerprint density at radius 1 is 0.950 bits per heavy atom. The summed E-state index contributed by atoms with van der Waals surface area (Å²) in [5.74, 6) is 0. The average molecular weight is 393 g/mol. The van der Waals surface area contributed by atoms with Gasteiger partial charge in [0.25, 0.3) is 0 Å². The molecule has 0 aliphatic heterocycles. The van der Waals surface area contributed by atoms with E-state index in [0.29, 0.717) is 0 Å². The summed E-state index contributed by atoms with van der Waals surface area (Å²) in [7, 11) is 0. The molecule has 5 heteroatoms. The Morgan fingerprint density at radius 3 is 2.55 bits per heavy atom. The maximum atomic E-state index is 6.00.